The first-order chi connectivity index (χ1) is 9.54. The molecule has 1 aliphatic rings. The minimum Gasteiger partial charge on any atom is -0.480 e. The molecule has 20 heavy (non-hydrogen) atoms. The summed E-state index contributed by atoms with van der Waals surface area (Å²) in [6, 6.07) is 6.56. The van der Waals surface area contributed by atoms with Gasteiger partial charge in [0.2, 0.25) is 5.91 Å². The highest BCUT2D eigenvalue weighted by Crippen LogP contribution is 2.33. The van der Waals surface area contributed by atoms with Crippen molar-refractivity contribution < 1.29 is 19.4 Å². The molecule has 2 atom stereocenters. The number of carboxylic acids is 1. The van der Waals surface area contributed by atoms with Crippen molar-refractivity contribution >= 4 is 17.6 Å². The van der Waals surface area contributed by atoms with E-state index in [2.05, 4.69) is 0 Å². The molecule has 0 saturated heterocycles. The number of rotatable bonds is 5. The van der Waals surface area contributed by atoms with Gasteiger partial charge >= 0.3 is 5.97 Å². The Morgan fingerprint density at radius 3 is 2.80 bits per heavy atom. The lowest BCUT2D eigenvalue weighted by Crippen LogP contribution is -2.43. The van der Waals surface area contributed by atoms with Crippen LogP contribution < -0.4 is 4.90 Å². The lowest BCUT2D eigenvalue weighted by Gasteiger charge is -2.24. The Kier molecular flexibility index (Phi) is 4.39. The number of carboxylic acid groups (broad SMARTS) is 1. The smallest absolute Gasteiger partial charge is 0.327 e. The first-order valence-corrected chi connectivity index (χ1v) is 6.66. The summed E-state index contributed by atoms with van der Waals surface area (Å²) in [7, 11) is 1.59. The Morgan fingerprint density at radius 1 is 1.45 bits per heavy atom. The lowest BCUT2D eigenvalue weighted by atomic mass is 10.1. The number of anilines is 1. The summed E-state index contributed by atoms with van der Waals surface area (Å²) in [6.07, 6.45) is 0.655. The summed E-state index contributed by atoms with van der Waals surface area (Å²) in [4.78, 5) is 25.2. The number of hydrogen-bond acceptors (Lipinski definition) is 3. The van der Waals surface area contributed by atoms with E-state index in [9.17, 15) is 14.7 Å². The van der Waals surface area contributed by atoms with Crippen LogP contribution in [0.4, 0.5) is 5.69 Å². The van der Waals surface area contributed by atoms with Crippen LogP contribution in [0.1, 0.15) is 18.9 Å². The summed E-state index contributed by atoms with van der Waals surface area (Å²) in [5.41, 5.74) is 1.63. The molecule has 1 aromatic rings. The number of carbonyl (C=O) groups is 2. The van der Waals surface area contributed by atoms with Gasteiger partial charge in [-0.3, -0.25) is 9.69 Å². The number of ether oxygens (including phenoxy) is 1. The molecule has 0 aromatic heterocycles. The summed E-state index contributed by atoms with van der Waals surface area (Å²) in [6.45, 7) is 2.40. The molecule has 0 aliphatic carbocycles. The average molecular weight is 277 g/mol. The van der Waals surface area contributed by atoms with Crippen molar-refractivity contribution in [3.63, 3.8) is 0 Å². The highest BCUT2D eigenvalue weighted by atomic mass is 16.5. The van der Waals surface area contributed by atoms with Gasteiger partial charge in [0.15, 0.2) is 0 Å². The molecule has 108 valence electrons. The van der Waals surface area contributed by atoms with Gasteiger partial charge in [0.05, 0.1) is 0 Å². The Labute approximate surface area is 118 Å². The Balaban J connectivity index is 2.22. The van der Waals surface area contributed by atoms with Crippen molar-refractivity contribution in [2.45, 2.75) is 25.8 Å². The fraction of sp³-hybridized carbons (Fsp3) is 0.467. The number of benzene rings is 1. The van der Waals surface area contributed by atoms with Crippen molar-refractivity contribution in [1.82, 2.24) is 0 Å². The van der Waals surface area contributed by atoms with E-state index in [1.807, 2.05) is 25.1 Å². The van der Waals surface area contributed by atoms with Crippen LogP contribution in [0.3, 0.4) is 0 Å². The molecule has 2 rings (SSSR count). The zero-order chi connectivity index (χ0) is 14.7. The predicted molar refractivity (Wildman–Crippen MR) is 74.7 cm³/mol. The Morgan fingerprint density at radius 2 is 2.15 bits per heavy atom. The maximum absolute atomic E-state index is 12.4. The van der Waals surface area contributed by atoms with Crippen molar-refractivity contribution in [1.29, 1.82) is 0 Å². The minimum atomic E-state index is -0.964. The summed E-state index contributed by atoms with van der Waals surface area (Å²) in [5.74, 6) is -1.06. The van der Waals surface area contributed by atoms with Gasteiger partial charge in [-0.15, -0.1) is 0 Å². The summed E-state index contributed by atoms with van der Waals surface area (Å²) < 4.78 is 5.02. The predicted octanol–water partition coefficient (Wildman–Crippen LogP) is 1.70. The van der Waals surface area contributed by atoms with Crippen LogP contribution in [0.25, 0.3) is 0 Å². The number of hydrogen-bond donors (Lipinski definition) is 1. The average Bonchev–Trinajstić information content (AvgIpc) is 2.78. The van der Waals surface area contributed by atoms with Crippen LogP contribution >= 0.6 is 0 Å². The fourth-order valence-corrected chi connectivity index (χ4v) is 2.63. The van der Waals surface area contributed by atoms with E-state index in [4.69, 9.17) is 4.74 Å². The van der Waals surface area contributed by atoms with Crippen molar-refractivity contribution in [2.24, 2.45) is 5.92 Å². The molecule has 0 fully saturated rings. The molecule has 1 amide bonds. The number of nitrogens with zero attached hydrogens (tertiary/aromatic N) is 1. The molecule has 1 heterocycles. The van der Waals surface area contributed by atoms with Crippen LogP contribution in [0.5, 0.6) is 0 Å². The molecule has 0 radical (unpaired) electrons. The van der Waals surface area contributed by atoms with Gasteiger partial charge in [-0.25, -0.2) is 4.79 Å². The van der Waals surface area contributed by atoms with Crippen LogP contribution in [-0.2, 0) is 20.7 Å². The van der Waals surface area contributed by atoms with Crippen LogP contribution in [0, 0.1) is 5.92 Å². The number of fused-ring (bicyclic) bond motifs is 1. The minimum absolute atomic E-state index is 0.0645. The lowest BCUT2D eigenvalue weighted by molar-refractivity contribution is -0.140. The largest absolute Gasteiger partial charge is 0.480 e. The number of carbonyl (C=O) groups excluding carboxylic acids is 1. The number of para-hydroxylation sites is 1. The van der Waals surface area contributed by atoms with Gasteiger partial charge in [0, 0.05) is 32.2 Å². The van der Waals surface area contributed by atoms with E-state index in [1.165, 1.54) is 4.90 Å². The second-order valence-electron chi connectivity index (χ2n) is 5.22. The van der Waals surface area contributed by atoms with Gasteiger partial charge in [0.1, 0.15) is 6.04 Å². The zero-order valence-electron chi connectivity index (χ0n) is 11.7. The second-order valence-corrected chi connectivity index (χ2v) is 5.22. The molecular formula is C15H19NO4. The number of methoxy groups -OCH3 is 1. The maximum atomic E-state index is 12.4. The Bertz CT molecular complexity index is 514. The third kappa shape index (κ3) is 2.82. The van der Waals surface area contributed by atoms with E-state index in [1.54, 1.807) is 13.2 Å². The molecule has 5 nitrogen and oxygen atoms in total. The summed E-state index contributed by atoms with van der Waals surface area (Å²) in [5, 5.41) is 9.32. The highest BCUT2D eigenvalue weighted by Gasteiger charge is 2.38. The first kappa shape index (κ1) is 14.5. The topological polar surface area (TPSA) is 66.8 Å². The molecule has 0 bridgehead atoms. The molecule has 1 N–H and O–H groups in total. The normalized spacial score (nSPS) is 18.7. The van der Waals surface area contributed by atoms with Gasteiger partial charge < -0.3 is 9.84 Å². The Hall–Kier alpha value is -1.88. The maximum Gasteiger partial charge on any atom is 0.327 e. The van der Waals surface area contributed by atoms with E-state index >= 15 is 0 Å². The first-order valence-electron chi connectivity index (χ1n) is 6.66. The zero-order valence-corrected chi connectivity index (χ0v) is 11.7. The molecule has 1 aromatic carbocycles. The molecule has 5 heteroatoms. The molecule has 0 spiro atoms. The van der Waals surface area contributed by atoms with E-state index < -0.39 is 12.0 Å². The summed E-state index contributed by atoms with van der Waals surface area (Å²) >= 11 is 0. The van der Waals surface area contributed by atoms with Gasteiger partial charge in [0.25, 0.3) is 0 Å². The van der Waals surface area contributed by atoms with Crippen molar-refractivity contribution in [3.8, 4) is 0 Å². The van der Waals surface area contributed by atoms with E-state index in [-0.39, 0.29) is 18.2 Å². The number of aliphatic carboxylic acids is 1. The van der Waals surface area contributed by atoms with E-state index in [0.717, 1.165) is 11.3 Å². The van der Waals surface area contributed by atoms with Gasteiger partial charge in [-0.2, -0.15) is 0 Å². The van der Waals surface area contributed by atoms with Crippen molar-refractivity contribution in [3.05, 3.63) is 29.8 Å². The van der Waals surface area contributed by atoms with Crippen LogP contribution in [-0.4, -0.2) is 36.7 Å². The van der Waals surface area contributed by atoms with E-state index in [0.29, 0.717) is 13.0 Å². The molecule has 2 unspecified atom stereocenters. The van der Waals surface area contributed by atoms with Crippen LogP contribution in [0.2, 0.25) is 0 Å². The van der Waals surface area contributed by atoms with Crippen LogP contribution in [0.15, 0.2) is 24.3 Å². The van der Waals surface area contributed by atoms with Crippen molar-refractivity contribution in [2.75, 3.05) is 18.6 Å². The molecular weight excluding hydrogens is 258 g/mol. The quantitative estimate of drug-likeness (QED) is 0.889. The second kappa shape index (κ2) is 6.05. The number of amides is 1. The highest BCUT2D eigenvalue weighted by molar-refractivity contribution is 6.01. The van der Waals surface area contributed by atoms with Gasteiger partial charge in [-0.1, -0.05) is 25.1 Å². The van der Waals surface area contributed by atoms with Gasteiger partial charge in [-0.05, 0) is 17.5 Å². The monoisotopic (exact) mass is 277 g/mol. The SMILES string of the molecule is COCC(C)CC(=O)N1c2ccccc2CC1C(=O)O. The molecule has 0 saturated carbocycles. The fourth-order valence-electron chi connectivity index (χ4n) is 2.63. The third-order valence-corrected chi connectivity index (χ3v) is 3.50. The molecule has 1 aliphatic heterocycles. The third-order valence-electron chi connectivity index (χ3n) is 3.50. The standard InChI is InChI=1S/C15H19NO4/c1-10(9-20-2)7-14(17)16-12-6-4-3-5-11(12)8-13(16)15(18)19/h3-6,10,13H,7-9H2,1-2H3,(H,18,19).